The van der Waals surface area contributed by atoms with Crippen LogP contribution in [-0.2, 0) is 0 Å². The van der Waals surface area contributed by atoms with E-state index in [2.05, 4.69) is 10.3 Å². The fourth-order valence-electron chi connectivity index (χ4n) is 2.05. The van der Waals surface area contributed by atoms with Crippen LogP contribution in [0.4, 0.5) is 11.5 Å². The van der Waals surface area contributed by atoms with Gasteiger partial charge in [-0.1, -0.05) is 12.1 Å². The lowest BCUT2D eigenvalue weighted by Crippen LogP contribution is -2.00. The molecule has 0 atom stereocenters. The molecule has 1 aliphatic carbocycles. The maximum atomic E-state index is 11.2. The lowest BCUT2D eigenvalue weighted by atomic mass is 10.1. The molecule has 0 amide bonds. The molecule has 2 aromatic rings. The van der Waals surface area contributed by atoms with Gasteiger partial charge in [-0.15, -0.1) is 0 Å². The summed E-state index contributed by atoms with van der Waals surface area (Å²) in [5.74, 6) is 1.31. The van der Waals surface area contributed by atoms with Crippen molar-refractivity contribution in [3.05, 3.63) is 46.5 Å². The van der Waals surface area contributed by atoms with Crippen molar-refractivity contribution >= 4 is 11.5 Å². The van der Waals surface area contributed by atoms with E-state index in [1.165, 1.54) is 6.07 Å². The summed E-state index contributed by atoms with van der Waals surface area (Å²) in [7, 11) is 1.73. The molecule has 6 heteroatoms. The highest BCUT2D eigenvalue weighted by Crippen LogP contribution is 2.33. The Morgan fingerprint density at radius 2 is 2.14 bits per heavy atom. The molecule has 0 aliphatic heterocycles. The first-order valence-electron chi connectivity index (χ1n) is 6.77. The number of nitrogens with zero attached hydrogens (tertiary/aromatic N) is 2. The maximum absolute atomic E-state index is 11.2. The average molecular weight is 285 g/mol. The fraction of sp³-hybridized carbons (Fsp3) is 0.267. The number of aromatic nitrogens is 1. The number of hydrogen-bond donors (Lipinski definition) is 1. The lowest BCUT2D eigenvalue weighted by molar-refractivity contribution is -0.384. The Morgan fingerprint density at radius 3 is 2.81 bits per heavy atom. The lowest BCUT2D eigenvalue weighted by Gasteiger charge is -2.08. The minimum Gasteiger partial charge on any atom is -0.490 e. The molecule has 0 bridgehead atoms. The normalized spacial score (nSPS) is 13.8. The second-order valence-electron chi connectivity index (χ2n) is 4.92. The Morgan fingerprint density at radius 1 is 1.33 bits per heavy atom. The Labute approximate surface area is 121 Å². The fourth-order valence-corrected chi connectivity index (χ4v) is 2.05. The molecule has 1 aromatic heterocycles. The summed E-state index contributed by atoms with van der Waals surface area (Å²) in [4.78, 5) is 15.1. The van der Waals surface area contributed by atoms with Crippen LogP contribution in [0.1, 0.15) is 12.8 Å². The molecule has 6 nitrogen and oxygen atoms in total. The first kappa shape index (κ1) is 13.4. The van der Waals surface area contributed by atoms with Crippen LogP contribution in [0, 0.1) is 10.1 Å². The molecule has 0 saturated heterocycles. The van der Waals surface area contributed by atoms with Gasteiger partial charge in [0.2, 0.25) is 0 Å². The molecule has 1 N–H and O–H groups in total. The third kappa shape index (κ3) is 2.94. The summed E-state index contributed by atoms with van der Waals surface area (Å²) < 4.78 is 5.73. The van der Waals surface area contributed by atoms with Crippen LogP contribution in [0.15, 0.2) is 36.4 Å². The molecular formula is C15H15N3O3. The molecule has 1 aliphatic rings. The van der Waals surface area contributed by atoms with E-state index < -0.39 is 4.92 Å². The van der Waals surface area contributed by atoms with E-state index in [0.717, 1.165) is 18.6 Å². The Hall–Kier alpha value is -2.63. The topological polar surface area (TPSA) is 77.3 Å². The van der Waals surface area contributed by atoms with Gasteiger partial charge in [0, 0.05) is 18.7 Å². The van der Waals surface area contributed by atoms with E-state index in [4.69, 9.17) is 4.74 Å². The van der Waals surface area contributed by atoms with Gasteiger partial charge in [-0.25, -0.2) is 4.98 Å². The molecule has 1 saturated carbocycles. The Balaban J connectivity index is 2.03. The third-order valence-corrected chi connectivity index (χ3v) is 3.26. The molecule has 1 fully saturated rings. The quantitative estimate of drug-likeness (QED) is 0.674. The minimum atomic E-state index is -0.420. The molecule has 0 unspecified atom stereocenters. The summed E-state index contributed by atoms with van der Waals surface area (Å²) in [5, 5.41) is 14.1. The number of ether oxygens (including phenoxy) is 1. The first-order valence-corrected chi connectivity index (χ1v) is 6.77. The zero-order valence-electron chi connectivity index (χ0n) is 11.6. The first-order chi connectivity index (χ1) is 10.2. The molecule has 1 aromatic carbocycles. The van der Waals surface area contributed by atoms with Gasteiger partial charge in [0.25, 0.3) is 5.69 Å². The number of hydrogen-bond acceptors (Lipinski definition) is 5. The van der Waals surface area contributed by atoms with E-state index >= 15 is 0 Å². The van der Waals surface area contributed by atoms with Gasteiger partial charge < -0.3 is 10.1 Å². The van der Waals surface area contributed by atoms with Crippen LogP contribution >= 0.6 is 0 Å². The van der Waals surface area contributed by atoms with Crippen molar-refractivity contribution in [3.8, 4) is 17.0 Å². The van der Waals surface area contributed by atoms with Crippen LogP contribution in [0.2, 0.25) is 0 Å². The van der Waals surface area contributed by atoms with Crippen molar-refractivity contribution in [2.45, 2.75) is 18.9 Å². The smallest absolute Gasteiger partial charge is 0.295 e. The molecule has 1 heterocycles. The third-order valence-electron chi connectivity index (χ3n) is 3.26. The van der Waals surface area contributed by atoms with Crippen LogP contribution < -0.4 is 10.1 Å². The Bertz CT molecular complexity index is 684. The standard InChI is InChI=1S/C15H15N3O3/c1-16-14-8-7-13(18(19)20)15(17-14)10-3-2-4-12(9-10)21-11-5-6-11/h2-4,7-9,11H,5-6H2,1H3,(H,16,17). The summed E-state index contributed by atoms with van der Waals surface area (Å²) in [6, 6.07) is 10.3. The summed E-state index contributed by atoms with van der Waals surface area (Å²) in [5.41, 5.74) is 1.00. The van der Waals surface area contributed by atoms with E-state index in [1.807, 2.05) is 12.1 Å². The SMILES string of the molecule is CNc1ccc([N+](=O)[O-])c(-c2cccc(OC3CC3)c2)n1. The van der Waals surface area contributed by atoms with Crippen molar-refractivity contribution in [1.29, 1.82) is 0 Å². The van der Waals surface area contributed by atoms with Gasteiger partial charge in [-0.05, 0) is 31.0 Å². The van der Waals surface area contributed by atoms with Gasteiger partial charge in [0.1, 0.15) is 11.6 Å². The van der Waals surface area contributed by atoms with Crippen molar-refractivity contribution in [2.24, 2.45) is 0 Å². The highest BCUT2D eigenvalue weighted by atomic mass is 16.6. The summed E-state index contributed by atoms with van der Waals surface area (Å²) in [6.45, 7) is 0. The minimum absolute atomic E-state index is 0.0161. The molecule has 0 spiro atoms. The summed E-state index contributed by atoms with van der Waals surface area (Å²) in [6.07, 6.45) is 2.42. The maximum Gasteiger partial charge on any atom is 0.295 e. The Kier molecular flexibility index (Phi) is 3.43. The number of anilines is 1. The number of benzene rings is 1. The van der Waals surface area contributed by atoms with Crippen LogP contribution in [0.3, 0.4) is 0 Å². The van der Waals surface area contributed by atoms with E-state index in [1.54, 1.807) is 25.2 Å². The van der Waals surface area contributed by atoms with Crippen molar-refractivity contribution < 1.29 is 9.66 Å². The van der Waals surface area contributed by atoms with Crippen molar-refractivity contribution in [3.63, 3.8) is 0 Å². The summed E-state index contributed by atoms with van der Waals surface area (Å²) >= 11 is 0. The molecular weight excluding hydrogens is 270 g/mol. The van der Waals surface area contributed by atoms with Crippen LogP contribution in [0.25, 0.3) is 11.3 Å². The highest BCUT2D eigenvalue weighted by Gasteiger charge is 2.24. The zero-order chi connectivity index (χ0) is 14.8. The average Bonchev–Trinajstić information content (AvgIpc) is 3.30. The van der Waals surface area contributed by atoms with Gasteiger partial charge in [0.15, 0.2) is 5.69 Å². The van der Waals surface area contributed by atoms with Crippen molar-refractivity contribution in [1.82, 2.24) is 4.98 Å². The monoisotopic (exact) mass is 285 g/mol. The van der Waals surface area contributed by atoms with Gasteiger partial charge in [-0.3, -0.25) is 10.1 Å². The zero-order valence-corrected chi connectivity index (χ0v) is 11.6. The van der Waals surface area contributed by atoms with E-state index in [9.17, 15) is 10.1 Å². The van der Waals surface area contributed by atoms with E-state index in [-0.39, 0.29) is 11.8 Å². The van der Waals surface area contributed by atoms with Gasteiger partial charge >= 0.3 is 0 Å². The van der Waals surface area contributed by atoms with Crippen LogP contribution in [-0.4, -0.2) is 23.1 Å². The molecule has 3 rings (SSSR count). The second-order valence-corrected chi connectivity index (χ2v) is 4.92. The predicted octanol–water partition coefficient (Wildman–Crippen LogP) is 3.24. The highest BCUT2D eigenvalue weighted by molar-refractivity contribution is 5.72. The van der Waals surface area contributed by atoms with Crippen molar-refractivity contribution in [2.75, 3.05) is 12.4 Å². The van der Waals surface area contributed by atoms with Crippen LogP contribution in [0.5, 0.6) is 5.75 Å². The van der Waals surface area contributed by atoms with Gasteiger partial charge in [0.05, 0.1) is 11.0 Å². The van der Waals surface area contributed by atoms with Gasteiger partial charge in [-0.2, -0.15) is 0 Å². The molecule has 21 heavy (non-hydrogen) atoms. The molecule has 108 valence electrons. The predicted molar refractivity (Wildman–Crippen MR) is 79.5 cm³/mol. The second kappa shape index (κ2) is 5.40. The largest absolute Gasteiger partial charge is 0.490 e. The number of nitrogens with one attached hydrogen (secondary N) is 1. The number of rotatable bonds is 5. The number of pyridine rings is 1. The van der Waals surface area contributed by atoms with E-state index in [0.29, 0.717) is 17.1 Å². The molecule has 0 radical (unpaired) electrons. The number of nitro groups is 1.